The van der Waals surface area contributed by atoms with Crippen LogP contribution >= 0.6 is 0 Å². The van der Waals surface area contributed by atoms with Gasteiger partial charge in [-0.1, -0.05) is 68.4 Å². The summed E-state index contributed by atoms with van der Waals surface area (Å²) in [6.07, 6.45) is 29.5. The Hall–Kier alpha value is -1.61. The van der Waals surface area contributed by atoms with Gasteiger partial charge < -0.3 is 10.1 Å². The lowest BCUT2D eigenvalue weighted by atomic mass is 10.2. The molecule has 0 rings (SSSR count). The minimum absolute atomic E-state index is 0.203. The Kier molecular flexibility index (Phi) is 20.1. The van der Waals surface area contributed by atoms with E-state index in [1.54, 1.807) is 0 Å². The predicted molar refractivity (Wildman–Crippen MR) is 113 cm³/mol. The maximum Gasteiger partial charge on any atom is 0.319 e. The number of ether oxygens (including phenoxy) is 1. The molecule has 0 atom stereocenters. The second-order valence-electron chi connectivity index (χ2n) is 6.34. The normalized spacial score (nSPS) is 12.2. The number of esters is 1. The van der Waals surface area contributed by atoms with Gasteiger partial charge in [0.05, 0.1) is 13.7 Å². The lowest BCUT2D eigenvalue weighted by Crippen LogP contribution is -2.24. The first-order chi connectivity index (χ1) is 12.8. The second-order valence-corrected chi connectivity index (χ2v) is 6.34. The first-order valence-electron chi connectivity index (χ1n) is 10.2. The highest BCUT2D eigenvalue weighted by Gasteiger charge is 1.96. The lowest BCUT2D eigenvalue weighted by Gasteiger charge is -2.01. The Morgan fingerprint density at radius 3 is 1.77 bits per heavy atom. The van der Waals surface area contributed by atoms with E-state index in [0.29, 0.717) is 6.54 Å². The van der Waals surface area contributed by atoms with Crippen LogP contribution in [-0.4, -0.2) is 26.2 Å². The van der Waals surface area contributed by atoms with Crippen molar-refractivity contribution in [3.8, 4) is 0 Å². The number of carbonyl (C=O) groups excluding carboxylic acids is 1. The van der Waals surface area contributed by atoms with Crippen LogP contribution in [0.3, 0.4) is 0 Å². The van der Waals surface area contributed by atoms with Crippen LogP contribution in [0.15, 0.2) is 48.6 Å². The van der Waals surface area contributed by atoms with E-state index in [4.69, 9.17) is 0 Å². The van der Waals surface area contributed by atoms with Crippen molar-refractivity contribution in [1.82, 2.24) is 5.32 Å². The van der Waals surface area contributed by atoms with Crippen molar-refractivity contribution in [3.05, 3.63) is 48.6 Å². The SMILES string of the molecule is CCCCC/C=C\C/C=C\C/C=C\C/C=C\CCCCNCC(=O)OC. The smallest absolute Gasteiger partial charge is 0.319 e. The van der Waals surface area contributed by atoms with Gasteiger partial charge in [-0.3, -0.25) is 4.79 Å². The van der Waals surface area contributed by atoms with Crippen LogP contribution in [0.5, 0.6) is 0 Å². The van der Waals surface area contributed by atoms with Gasteiger partial charge in [0, 0.05) is 0 Å². The van der Waals surface area contributed by atoms with Crippen LogP contribution in [0.25, 0.3) is 0 Å². The van der Waals surface area contributed by atoms with E-state index in [-0.39, 0.29) is 5.97 Å². The summed E-state index contributed by atoms with van der Waals surface area (Å²) in [4.78, 5) is 10.9. The summed E-state index contributed by atoms with van der Waals surface area (Å²) in [5.41, 5.74) is 0. The number of hydrogen-bond acceptors (Lipinski definition) is 3. The number of carbonyl (C=O) groups is 1. The molecule has 0 aromatic carbocycles. The van der Waals surface area contributed by atoms with Gasteiger partial charge in [-0.2, -0.15) is 0 Å². The Labute approximate surface area is 161 Å². The van der Waals surface area contributed by atoms with E-state index < -0.39 is 0 Å². The molecular weight excluding hydrogens is 322 g/mol. The molecule has 1 N–H and O–H groups in total. The summed E-state index contributed by atoms with van der Waals surface area (Å²) in [7, 11) is 1.41. The molecule has 3 nitrogen and oxygen atoms in total. The van der Waals surface area contributed by atoms with E-state index in [1.165, 1.54) is 32.8 Å². The van der Waals surface area contributed by atoms with Crippen molar-refractivity contribution >= 4 is 5.97 Å². The van der Waals surface area contributed by atoms with Crippen LogP contribution in [0, 0.1) is 0 Å². The molecular formula is C23H39NO2. The van der Waals surface area contributed by atoms with E-state index >= 15 is 0 Å². The number of allylic oxidation sites excluding steroid dienone is 8. The maximum absolute atomic E-state index is 10.9. The molecule has 0 aliphatic rings. The Bertz CT molecular complexity index is 422. The summed E-state index contributed by atoms with van der Waals surface area (Å²) < 4.78 is 4.56. The minimum atomic E-state index is -0.203. The molecule has 0 aliphatic heterocycles. The average Bonchev–Trinajstić information content (AvgIpc) is 2.66. The summed E-state index contributed by atoms with van der Waals surface area (Å²) in [5, 5.41) is 3.07. The molecule has 26 heavy (non-hydrogen) atoms. The molecule has 0 spiro atoms. The summed E-state index contributed by atoms with van der Waals surface area (Å²) in [6, 6.07) is 0. The molecule has 0 bridgehead atoms. The highest BCUT2D eigenvalue weighted by atomic mass is 16.5. The van der Waals surface area contributed by atoms with Gasteiger partial charge in [-0.15, -0.1) is 0 Å². The monoisotopic (exact) mass is 361 g/mol. The second kappa shape index (κ2) is 21.4. The molecule has 0 radical (unpaired) electrons. The highest BCUT2D eigenvalue weighted by Crippen LogP contribution is 2.01. The van der Waals surface area contributed by atoms with Gasteiger partial charge in [0.2, 0.25) is 0 Å². The van der Waals surface area contributed by atoms with Crippen LogP contribution in [0.4, 0.5) is 0 Å². The first kappa shape index (κ1) is 24.4. The molecule has 0 fully saturated rings. The van der Waals surface area contributed by atoms with E-state index in [1.807, 2.05) is 0 Å². The number of hydrogen-bond donors (Lipinski definition) is 1. The van der Waals surface area contributed by atoms with Crippen LogP contribution in [0.1, 0.15) is 71.1 Å². The largest absolute Gasteiger partial charge is 0.468 e. The molecule has 3 heteroatoms. The zero-order valence-corrected chi connectivity index (χ0v) is 16.9. The fourth-order valence-electron chi connectivity index (χ4n) is 2.34. The summed E-state index contributed by atoms with van der Waals surface area (Å²) in [6.45, 7) is 3.41. The van der Waals surface area contributed by atoms with Gasteiger partial charge in [0.15, 0.2) is 0 Å². The van der Waals surface area contributed by atoms with E-state index in [9.17, 15) is 4.79 Å². The van der Waals surface area contributed by atoms with Gasteiger partial charge in [0.25, 0.3) is 0 Å². The van der Waals surface area contributed by atoms with E-state index in [2.05, 4.69) is 65.6 Å². The van der Waals surface area contributed by atoms with Crippen molar-refractivity contribution in [2.75, 3.05) is 20.2 Å². The number of unbranched alkanes of at least 4 members (excludes halogenated alkanes) is 5. The van der Waals surface area contributed by atoms with Gasteiger partial charge in [-0.05, 0) is 57.9 Å². The topological polar surface area (TPSA) is 38.3 Å². The molecule has 0 aromatic heterocycles. The van der Waals surface area contributed by atoms with Crippen LogP contribution in [-0.2, 0) is 9.53 Å². The standard InChI is InChI=1S/C23H39NO2/c1-3-4-5-6-7-8-9-10-11-12-13-14-15-16-17-18-19-20-21-24-22-23(25)26-2/h7-8,10-11,13-14,16-17,24H,3-6,9,12,15,18-22H2,1-2H3/b8-7-,11-10-,14-13-,17-16-. The molecule has 0 amide bonds. The fraction of sp³-hybridized carbons (Fsp3) is 0.609. The molecule has 0 saturated heterocycles. The molecule has 0 heterocycles. The van der Waals surface area contributed by atoms with Crippen molar-refractivity contribution in [2.24, 2.45) is 0 Å². The highest BCUT2D eigenvalue weighted by molar-refractivity contribution is 5.71. The Balaban J connectivity index is 3.37. The first-order valence-corrected chi connectivity index (χ1v) is 10.2. The van der Waals surface area contributed by atoms with Crippen LogP contribution in [0.2, 0.25) is 0 Å². The Morgan fingerprint density at radius 2 is 1.27 bits per heavy atom. The molecule has 148 valence electrons. The number of rotatable bonds is 17. The molecule has 0 unspecified atom stereocenters. The van der Waals surface area contributed by atoms with E-state index in [0.717, 1.165) is 45.1 Å². The quantitative estimate of drug-likeness (QED) is 0.199. The molecule has 0 aromatic rings. The summed E-state index contributed by atoms with van der Waals surface area (Å²) in [5.74, 6) is -0.203. The third-order valence-corrected chi connectivity index (χ3v) is 3.93. The van der Waals surface area contributed by atoms with Gasteiger partial charge >= 0.3 is 5.97 Å². The van der Waals surface area contributed by atoms with Crippen molar-refractivity contribution in [3.63, 3.8) is 0 Å². The van der Waals surface area contributed by atoms with Crippen molar-refractivity contribution in [1.29, 1.82) is 0 Å². The number of methoxy groups -OCH3 is 1. The zero-order chi connectivity index (χ0) is 19.1. The van der Waals surface area contributed by atoms with Crippen molar-refractivity contribution < 1.29 is 9.53 Å². The molecule has 0 saturated carbocycles. The lowest BCUT2D eigenvalue weighted by molar-refractivity contribution is -0.139. The van der Waals surface area contributed by atoms with Gasteiger partial charge in [-0.25, -0.2) is 0 Å². The van der Waals surface area contributed by atoms with Crippen molar-refractivity contribution in [2.45, 2.75) is 71.1 Å². The summed E-state index contributed by atoms with van der Waals surface area (Å²) >= 11 is 0. The molecule has 0 aliphatic carbocycles. The number of nitrogens with one attached hydrogen (secondary N) is 1. The fourth-order valence-corrected chi connectivity index (χ4v) is 2.34. The maximum atomic E-state index is 10.9. The third kappa shape index (κ3) is 20.4. The zero-order valence-electron chi connectivity index (χ0n) is 16.9. The minimum Gasteiger partial charge on any atom is -0.468 e. The Morgan fingerprint density at radius 1 is 0.769 bits per heavy atom. The average molecular weight is 362 g/mol. The van der Waals surface area contributed by atoms with Gasteiger partial charge in [0.1, 0.15) is 0 Å². The predicted octanol–water partition coefficient (Wildman–Crippen LogP) is 5.89. The third-order valence-electron chi connectivity index (χ3n) is 3.93. The van der Waals surface area contributed by atoms with Crippen LogP contribution < -0.4 is 5.32 Å².